The number of rotatable bonds is 6. The smallest absolute Gasteiger partial charge is 0.162 e. The van der Waals surface area contributed by atoms with Crippen molar-refractivity contribution in [3.63, 3.8) is 0 Å². The van der Waals surface area contributed by atoms with Crippen LogP contribution in [0.3, 0.4) is 0 Å². The Hall–Kier alpha value is -1.58. The molecule has 0 unspecified atom stereocenters. The van der Waals surface area contributed by atoms with Gasteiger partial charge in [0.15, 0.2) is 11.5 Å². The molecule has 0 amide bonds. The molecule has 1 rings (SSSR count). The lowest BCUT2D eigenvalue weighted by atomic mass is 10.2. The highest BCUT2D eigenvalue weighted by Crippen LogP contribution is 2.34. The van der Waals surface area contributed by atoms with Gasteiger partial charge in [0.25, 0.3) is 0 Å². The number of nitrogens with two attached hydrogens (primary N) is 1. The van der Waals surface area contributed by atoms with Crippen LogP contribution < -0.4 is 20.5 Å². The van der Waals surface area contributed by atoms with Crippen molar-refractivity contribution in [3.05, 3.63) is 12.1 Å². The second kappa shape index (κ2) is 6.10. The molecule has 4 nitrogen and oxygen atoms in total. The van der Waals surface area contributed by atoms with Gasteiger partial charge >= 0.3 is 0 Å². The van der Waals surface area contributed by atoms with Gasteiger partial charge in [0.2, 0.25) is 0 Å². The SMILES string of the molecule is CCCCNc1cc(OC)c(OC)cc1N. The maximum absolute atomic E-state index is 5.90. The molecule has 0 aromatic heterocycles. The van der Waals surface area contributed by atoms with E-state index in [1.54, 1.807) is 20.3 Å². The topological polar surface area (TPSA) is 56.5 Å². The van der Waals surface area contributed by atoms with Crippen molar-refractivity contribution in [1.29, 1.82) is 0 Å². The Morgan fingerprint density at radius 2 is 1.81 bits per heavy atom. The van der Waals surface area contributed by atoms with E-state index in [1.165, 1.54) is 0 Å². The number of ether oxygens (including phenoxy) is 2. The molecule has 0 aliphatic rings. The summed E-state index contributed by atoms with van der Waals surface area (Å²) in [4.78, 5) is 0. The van der Waals surface area contributed by atoms with Gasteiger partial charge in [-0.2, -0.15) is 0 Å². The van der Waals surface area contributed by atoms with Crippen LogP contribution in [0.4, 0.5) is 11.4 Å². The maximum Gasteiger partial charge on any atom is 0.162 e. The maximum atomic E-state index is 5.90. The molecule has 0 spiro atoms. The second-order valence-electron chi connectivity index (χ2n) is 3.57. The van der Waals surface area contributed by atoms with Crippen molar-refractivity contribution < 1.29 is 9.47 Å². The zero-order valence-corrected chi connectivity index (χ0v) is 10.2. The van der Waals surface area contributed by atoms with E-state index in [1.807, 2.05) is 6.07 Å². The number of anilines is 2. The Morgan fingerprint density at radius 3 is 2.38 bits per heavy atom. The van der Waals surface area contributed by atoms with Crippen molar-refractivity contribution in [3.8, 4) is 11.5 Å². The summed E-state index contributed by atoms with van der Waals surface area (Å²) in [6.45, 7) is 3.07. The van der Waals surface area contributed by atoms with Crippen molar-refractivity contribution in [2.24, 2.45) is 0 Å². The van der Waals surface area contributed by atoms with Gasteiger partial charge in [-0.25, -0.2) is 0 Å². The number of nitrogens with one attached hydrogen (secondary N) is 1. The molecule has 3 N–H and O–H groups in total. The lowest BCUT2D eigenvalue weighted by Crippen LogP contribution is -2.04. The number of benzene rings is 1. The van der Waals surface area contributed by atoms with Gasteiger partial charge in [0.1, 0.15) is 0 Å². The Bertz CT molecular complexity index is 340. The highest BCUT2D eigenvalue weighted by Gasteiger charge is 2.08. The quantitative estimate of drug-likeness (QED) is 0.576. The molecule has 0 atom stereocenters. The zero-order chi connectivity index (χ0) is 12.0. The van der Waals surface area contributed by atoms with Gasteiger partial charge in [0, 0.05) is 18.7 Å². The monoisotopic (exact) mass is 224 g/mol. The Kier molecular flexibility index (Phi) is 4.76. The molecule has 90 valence electrons. The molecule has 16 heavy (non-hydrogen) atoms. The van der Waals surface area contributed by atoms with Crippen LogP contribution in [-0.4, -0.2) is 20.8 Å². The third-order valence-corrected chi connectivity index (χ3v) is 2.40. The first-order valence-electron chi connectivity index (χ1n) is 5.48. The lowest BCUT2D eigenvalue weighted by molar-refractivity contribution is 0.355. The molecule has 0 fully saturated rings. The molecule has 0 saturated heterocycles. The van der Waals surface area contributed by atoms with Gasteiger partial charge in [-0.15, -0.1) is 0 Å². The number of unbranched alkanes of at least 4 members (excludes halogenated alkanes) is 1. The summed E-state index contributed by atoms with van der Waals surface area (Å²) >= 11 is 0. The first kappa shape index (κ1) is 12.5. The molecule has 1 aromatic rings. The molecule has 1 aromatic carbocycles. The Labute approximate surface area is 96.7 Å². The lowest BCUT2D eigenvalue weighted by Gasteiger charge is -2.13. The van der Waals surface area contributed by atoms with E-state index in [0.29, 0.717) is 17.2 Å². The first-order valence-corrected chi connectivity index (χ1v) is 5.48. The summed E-state index contributed by atoms with van der Waals surface area (Å²) in [6.07, 6.45) is 2.27. The molecular weight excluding hydrogens is 204 g/mol. The van der Waals surface area contributed by atoms with Crippen molar-refractivity contribution >= 4 is 11.4 Å². The van der Waals surface area contributed by atoms with Gasteiger partial charge in [0.05, 0.1) is 25.6 Å². The predicted octanol–water partition coefficient (Wildman–Crippen LogP) is 2.50. The number of hydrogen-bond acceptors (Lipinski definition) is 4. The van der Waals surface area contributed by atoms with Crippen molar-refractivity contribution in [2.75, 3.05) is 31.8 Å². The normalized spacial score (nSPS) is 9.94. The molecule has 0 saturated carbocycles. The van der Waals surface area contributed by atoms with Gasteiger partial charge in [-0.05, 0) is 6.42 Å². The Balaban J connectivity index is 2.84. The van der Waals surface area contributed by atoms with E-state index >= 15 is 0 Å². The number of methoxy groups -OCH3 is 2. The Morgan fingerprint density at radius 1 is 1.19 bits per heavy atom. The van der Waals surface area contributed by atoms with Crippen LogP contribution in [0, 0.1) is 0 Å². The van der Waals surface area contributed by atoms with Crippen LogP contribution in [0.5, 0.6) is 11.5 Å². The average Bonchev–Trinajstić information content (AvgIpc) is 2.31. The van der Waals surface area contributed by atoms with E-state index in [-0.39, 0.29) is 0 Å². The zero-order valence-electron chi connectivity index (χ0n) is 10.2. The van der Waals surface area contributed by atoms with Crippen molar-refractivity contribution in [1.82, 2.24) is 0 Å². The summed E-state index contributed by atoms with van der Waals surface area (Å²) in [6, 6.07) is 3.64. The largest absolute Gasteiger partial charge is 0.493 e. The van der Waals surface area contributed by atoms with Crippen LogP contribution in [0.15, 0.2) is 12.1 Å². The minimum absolute atomic E-state index is 0.654. The third-order valence-electron chi connectivity index (χ3n) is 2.40. The fourth-order valence-corrected chi connectivity index (χ4v) is 1.45. The summed E-state index contributed by atoms with van der Waals surface area (Å²) in [5.41, 5.74) is 7.47. The number of nitrogen functional groups attached to an aromatic ring is 1. The summed E-state index contributed by atoms with van der Waals surface area (Å²) in [5, 5.41) is 3.28. The molecule has 0 aliphatic carbocycles. The molecule has 0 bridgehead atoms. The van der Waals surface area contributed by atoms with E-state index < -0.39 is 0 Å². The summed E-state index contributed by atoms with van der Waals surface area (Å²) in [5.74, 6) is 1.34. The van der Waals surface area contributed by atoms with E-state index in [9.17, 15) is 0 Å². The third kappa shape index (κ3) is 2.95. The standard InChI is InChI=1S/C12H20N2O2/c1-4-5-6-14-10-8-12(16-3)11(15-2)7-9(10)13/h7-8,14H,4-6,13H2,1-3H3. The fraction of sp³-hybridized carbons (Fsp3) is 0.500. The van der Waals surface area contributed by atoms with Crippen LogP contribution in [0.2, 0.25) is 0 Å². The molecule has 4 heteroatoms. The minimum atomic E-state index is 0.654. The highest BCUT2D eigenvalue weighted by molar-refractivity contribution is 5.71. The highest BCUT2D eigenvalue weighted by atomic mass is 16.5. The van der Waals surface area contributed by atoms with E-state index in [2.05, 4.69) is 12.2 Å². The summed E-state index contributed by atoms with van der Waals surface area (Å²) < 4.78 is 10.4. The molecular formula is C12H20N2O2. The van der Waals surface area contributed by atoms with Crippen LogP contribution >= 0.6 is 0 Å². The molecule has 0 heterocycles. The second-order valence-corrected chi connectivity index (χ2v) is 3.57. The fourth-order valence-electron chi connectivity index (χ4n) is 1.45. The molecule has 0 radical (unpaired) electrons. The molecule has 0 aliphatic heterocycles. The van der Waals surface area contributed by atoms with Gasteiger partial charge < -0.3 is 20.5 Å². The first-order chi connectivity index (χ1) is 7.72. The average molecular weight is 224 g/mol. The predicted molar refractivity (Wildman–Crippen MR) is 67.4 cm³/mol. The van der Waals surface area contributed by atoms with E-state index in [0.717, 1.165) is 25.1 Å². The van der Waals surface area contributed by atoms with Crippen LogP contribution in [0.1, 0.15) is 19.8 Å². The number of hydrogen-bond donors (Lipinski definition) is 2. The van der Waals surface area contributed by atoms with Crippen LogP contribution in [0.25, 0.3) is 0 Å². The van der Waals surface area contributed by atoms with Crippen molar-refractivity contribution in [2.45, 2.75) is 19.8 Å². The van der Waals surface area contributed by atoms with Crippen LogP contribution in [-0.2, 0) is 0 Å². The minimum Gasteiger partial charge on any atom is -0.493 e. The van der Waals surface area contributed by atoms with E-state index in [4.69, 9.17) is 15.2 Å². The van der Waals surface area contributed by atoms with Gasteiger partial charge in [-0.3, -0.25) is 0 Å². The van der Waals surface area contributed by atoms with Gasteiger partial charge in [-0.1, -0.05) is 13.3 Å². The summed E-state index contributed by atoms with van der Waals surface area (Å²) in [7, 11) is 3.21.